The fourth-order valence-electron chi connectivity index (χ4n) is 3.83. The molecule has 1 aliphatic rings. The highest BCUT2D eigenvalue weighted by Gasteiger charge is 2.24. The number of carbonyl (C=O) groups is 4. The van der Waals surface area contributed by atoms with Crippen LogP contribution in [0.4, 0.5) is 4.79 Å². The molecule has 13 heteroatoms. The normalized spacial score (nSPS) is 14.1. The Bertz CT molecular complexity index is 1200. The number of piperazine rings is 1. The van der Waals surface area contributed by atoms with Crippen molar-refractivity contribution in [2.45, 2.75) is 27.3 Å². The molecule has 3 amide bonds. The molecule has 0 N–H and O–H groups in total. The van der Waals surface area contributed by atoms with Gasteiger partial charge in [0, 0.05) is 39.3 Å². The second-order valence-electron chi connectivity index (χ2n) is 8.20. The van der Waals surface area contributed by atoms with E-state index in [1.165, 1.54) is 23.1 Å². The lowest BCUT2D eigenvalue weighted by molar-refractivity contribution is -0.129. The van der Waals surface area contributed by atoms with Gasteiger partial charge in [-0.1, -0.05) is 11.3 Å². The summed E-state index contributed by atoms with van der Waals surface area (Å²) in [5, 5.41) is 0. The summed E-state index contributed by atoms with van der Waals surface area (Å²) in [5.41, 5.74) is 1.28. The van der Waals surface area contributed by atoms with E-state index in [2.05, 4.69) is 4.99 Å². The van der Waals surface area contributed by atoms with Crippen molar-refractivity contribution >= 4 is 57.2 Å². The molecule has 0 spiro atoms. The smallest absolute Gasteiger partial charge is 0.409 e. The summed E-state index contributed by atoms with van der Waals surface area (Å²) in [7, 11) is 0. The van der Waals surface area contributed by atoms with Crippen molar-refractivity contribution in [2.75, 3.05) is 64.1 Å². The molecule has 1 saturated heterocycles. The predicted molar refractivity (Wildman–Crippen MR) is 145 cm³/mol. The van der Waals surface area contributed by atoms with Gasteiger partial charge in [0.25, 0.3) is 5.91 Å². The molecule has 38 heavy (non-hydrogen) atoms. The molecular formula is C25H34N4O7S2. The van der Waals surface area contributed by atoms with Crippen LogP contribution in [0.1, 0.15) is 31.1 Å². The first-order chi connectivity index (χ1) is 18.4. The molecule has 0 aliphatic carbocycles. The third kappa shape index (κ3) is 8.05. The fraction of sp³-hybridized carbons (Fsp3) is 0.560. The quantitative estimate of drug-likeness (QED) is 0.300. The highest BCUT2D eigenvalue weighted by molar-refractivity contribution is 8.00. The molecule has 0 radical (unpaired) electrons. The number of hydrogen-bond acceptors (Lipinski definition) is 9. The summed E-state index contributed by atoms with van der Waals surface area (Å²) in [6.45, 7) is 9.28. The Morgan fingerprint density at radius 1 is 0.947 bits per heavy atom. The molecule has 1 fully saturated rings. The van der Waals surface area contributed by atoms with E-state index in [1.807, 2.05) is 17.6 Å². The Morgan fingerprint density at radius 3 is 2.34 bits per heavy atom. The van der Waals surface area contributed by atoms with Gasteiger partial charge in [-0.3, -0.25) is 9.59 Å². The number of benzene rings is 1. The van der Waals surface area contributed by atoms with E-state index in [0.29, 0.717) is 62.9 Å². The zero-order valence-electron chi connectivity index (χ0n) is 22.0. The van der Waals surface area contributed by atoms with Crippen LogP contribution in [0.2, 0.25) is 0 Å². The van der Waals surface area contributed by atoms with Crippen molar-refractivity contribution in [1.82, 2.24) is 14.4 Å². The van der Waals surface area contributed by atoms with Crippen LogP contribution in [-0.2, 0) is 30.3 Å². The van der Waals surface area contributed by atoms with Crippen molar-refractivity contribution in [3.8, 4) is 0 Å². The molecule has 0 bridgehead atoms. The van der Waals surface area contributed by atoms with Gasteiger partial charge in [0.2, 0.25) is 5.91 Å². The van der Waals surface area contributed by atoms with E-state index in [0.717, 1.165) is 10.2 Å². The lowest BCUT2D eigenvalue weighted by Gasteiger charge is -2.34. The van der Waals surface area contributed by atoms with Gasteiger partial charge < -0.3 is 28.6 Å². The van der Waals surface area contributed by atoms with Crippen LogP contribution in [0.3, 0.4) is 0 Å². The number of rotatable bonds is 11. The third-order valence-corrected chi connectivity index (χ3v) is 7.63. The number of fused-ring (bicyclic) bond motifs is 1. The average molecular weight is 567 g/mol. The lowest BCUT2D eigenvalue weighted by Crippen LogP contribution is -2.51. The Morgan fingerprint density at radius 2 is 1.66 bits per heavy atom. The van der Waals surface area contributed by atoms with Crippen molar-refractivity contribution in [3.05, 3.63) is 28.6 Å². The van der Waals surface area contributed by atoms with E-state index >= 15 is 0 Å². The zero-order valence-corrected chi connectivity index (χ0v) is 23.6. The molecule has 208 valence electrons. The van der Waals surface area contributed by atoms with Crippen LogP contribution < -0.4 is 4.80 Å². The highest BCUT2D eigenvalue weighted by atomic mass is 32.2. The van der Waals surface area contributed by atoms with Gasteiger partial charge in [0.05, 0.1) is 47.1 Å². The molecule has 1 aromatic heterocycles. The lowest BCUT2D eigenvalue weighted by atomic mass is 10.2. The Labute approximate surface area is 229 Å². The summed E-state index contributed by atoms with van der Waals surface area (Å²) >= 11 is 2.53. The molecule has 0 saturated carbocycles. The monoisotopic (exact) mass is 566 g/mol. The maximum atomic E-state index is 12.7. The minimum Gasteiger partial charge on any atom is -0.462 e. The number of esters is 1. The summed E-state index contributed by atoms with van der Waals surface area (Å²) in [5.74, 6) is -0.617. The van der Waals surface area contributed by atoms with Crippen molar-refractivity contribution < 1.29 is 33.4 Å². The molecule has 1 aliphatic heterocycles. The SMILES string of the molecule is CCOCCn1c(=NC(=O)CSCC(=O)N2CCN(C(=O)OCC)CC2)sc2cc(C(=O)OCC)ccc21. The van der Waals surface area contributed by atoms with Crippen LogP contribution >= 0.6 is 23.1 Å². The van der Waals surface area contributed by atoms with Crippen LogP contribution in [0.25, 0.3) is 10.2 Å². The first-order valence-corrected chi connectivity index (χ1v) is 14.6. The van der Waals surface area contributed by atoms with Crippen LogP contribution in [0.15, 0.2) is 23.2 Å². The third-order valence-electron chi connectivity index (χ3n) is 5.69. The van der Waals surface area contributed by atoms with E-state index in [-0.39, 0.29) is 36.0 Å². The van der Waals surface area contributed by atoms with E-state index in [1.54, 1.807) is 35.8 Å². The number of thiazole rings is 1. The number of amides is 3. The maximum Gasteiger partial charge on any atom is 0.409 e. The molecule has 1 aromatic carbocycles. The molecule has 3 rings (SSSR count). The Kier molecular flexibility index (Phi) is 11.6. The summed E-state index contributed by atoms with van der Waals surface area (Å²) in [6, 6.07) is 5.26. The summed E-state index contributed by atoms with van der Waals surface area (Å²) in [6.07, 6.45) is -0.363. The fourth-order valence-corrected chi connectivity index (χ4v) is 5.64. The van der Waals surface area contributed by atoms with Crippen molar-refractivity contribution in [2.24, 2.45) is 4.99 Å². The predicted octanol–water partition coefficient (Wildman–Crippen LogP) is 2.38. The minimum absolute atomic E-state index is 0.0578. The largest absolute Gasteiger partial charge is 0.462 e. The second kappa shape index (κ2) is 14.9. The number of ether oxygens (including phenoxy) is 3. The second-order valence-corrected chi connectivity index (χ2v) is 10.2. The first kappa shape index (κ1) is 29.7. The molecule has 2 aromatic rings. The van der Waals surface area contributed by atoms with Gasteiger partial charge >= 0.3 is 12.1 Å². The topological polar surface area (TPSA) is 120 Å². The van der Waals surface area contributed by atoms with Gasteiger partial charge in [0.15, 0.2) is 4.80 Å². The van der Waals surface area contributed by atoms with Gasteiger partial charge in [-0.25, -0.2) is 9.59 Å². The number of thioether (sulfide) groups is 1. The number of hydrogen-bond donors (Lipinski definition) is 0. The first-order valence-electron chi connectivity index (χ1n) is 12.6. The minimum atomic E-state index is -0.401. The van der Waals surface area contributed by atoms with E-state index in [9.17, 15) is 19.2 Å². The van der Waals surface area contributed by atoms with E-state index in [4.69, 9.17) is 14.2 Å². The average Bonchev–Trinajstić information content (AvgIpc) is 3.25. The maximum absolute atomic E-state index is 12.7. The highest BCUT2D eigenvalue weighted by Crippen LogP contribution is 2.20. The number of aromatic nitrogens is 1. The molecule has 0 atom stereocenters. The van der Waals surface area contributed by atoms with Crippen LogP contribution in [0.5, 0.6) is 0 Å². The van der Waals surface area contributed by atoms with Crippen molar-refractivity contribution in [1.29, 1.82) is 0 Å². The molecule has 11 nitrogen and oxygen atoms in total. The Hall–Kier alpha value is -2.90. The van der Waals surface area contributed by atoms with Gasteiger partial charge in [0.1, 0.15) is 0 Å². The molecule has 2 heterocycles. The van der Waals surface area contributed by atoms with Gasteiger partial charge in [-0.2, -0.15) is 4.99 Å². The van der Waals surface area contributed by atoms with Gasteiger partial charge in [-0.05, 0) is 39.0 Å². The van der Waals surface area contributed by atoms with Crippen molar-refractivity contribution in [3.63, 3.8) is 0 Å². The van der Waals surface area contributed by atoms with E-state index < -0.39 is 5.97 Å². The zero-order chi connectivity index (χ0) is 27.5. The standard InChI is InChI=1S/C25H34N4O7S2/c1-4-34-14-13-29-19-8-7-18(23(32)35-5-2)15-20(19)38-24(29)26-21(30)16-37-17-22(31)27-9-11-28(12-10-27)25(33)36-6-3/h7-8,15H,4-6,9-14,16-17H2,1-3H3. The van der Waals surface area contributed by atoms with Crippen LogP contribution in [0, 0.1) is 0 Å². The Balaban J connectivity index is 1.62. The summed E-state index contributed by atoms with van der Waals surface area (Å²) in [4.78, 5) is 57.3. The number of nitrogens with zero attached hydrogens (tertiary/aromatic N) is 4. The van der Waals surface area contributed by atoms with Gasteiger partial charge in [-0.15, -0.1) is 11.8 Å². The summed E-state index contributed by atoms with van der Waals surface area (Å²) < 4.78 is 18.3. The molecular weight excluding hydrogens is 532 g/mol. The number of carbonyl (C=O) groups excluding carboxylic acids is 4. The van der Waals surface area contributed by atoms with Crippen LogP contribution in [-0.4, -0.2) is 102 Å². The molecule has 0 unspecified atom stereocenters.